The van der Waals surface area contributed by atoms with Crippen molar-refractivity contribution < 1.29 is 9.90 Å². The molecule has 0 atom stereocenters. The van der Waals surface area contributed by atoms with Gasteiger partial charge in [-0.2, -0.15) is 5.26 Å². The highest BCUT2D eigenvalue weighted by Gasteiger charge is 2.20. The summed E-state index contributed by atoms with van der Waals surface area (Å²) >= 11 is 0. The number of benzene rings is 1. The molecule has 0 spiro atoms. The van der Waals surface area contributed by atoms with E-state index in [2.05, 4.69) is 17.9 Å². The Hall–Kier alpha value is -1.86. The average Bonchev–Trinajstić information content (AvgIpc) is 2.48. The van der Waals surface area contributed by atoms with Gasteiger partial charge in [0.25, 0.3) is 0 Å². The number of carboxylic acid groups (broad SMARTS) is 1. The Kier molecular flexibility index (Phi) is 5.35. The van der Waals surface area contributed by atoms with Crippen LogP contribution in [0.2, 0.25) is 0 Å². The summed E-state index contributed by atoms with van der Waals surface area (Å²) in [7, 11) is 0. The lowest BCUT2D eigenvalue weighted by Crippen LogP contribution is -2.33. The topological polar surface area (TPSA) is 64.3 Å². The number of rotatable bonds is 5. The Balaban J connectivity index is 1.83. The van der Waals surface area contributed by atoms with Gasteiger partial charge in [0.05, 0.1) is 11.6 Å². The molecule has 1 fully saturated rings. The first-order valence-corrected chi connectivity index (χ1v) is 7.52. The van der Waals surface area contributed by atoms with Gasteiger partial charge in [-0.25, -0.2) is 0 Å². The third-order valence-corrected chi connectivity index (χ3v) is 4.34. The zero-order valence-corrected chi connectivity index (χ0v) is 12.5. The van der Waals surface area contributed by atoms with Gasteiger partial charge in [-0.15, -0.1) is 0 Å². The highest BCUT2D eigenvalue weighted by molar-refractivity contribution is 5.66. The number of aliphatic carboxylic acids is 1. The van der Waals surface area contributed by atoms with Gasteiger partial charge in [0.2, 0.25) is 0 Å². The van der Waals surface area contributed by atoms with Crippen LogP contribution in [-0.2, 0) is 11.3 Å². The van der Waals surface area contributed by atoms with E-state index in [4.69, 9.17) is 10.4 Å². The van der Waals surface area contributed by atoms with Gasteiger partial charge in [-0.05, 0) is 68.5 Å². The first-order valence-electron chi connectivity index (χ1n) is 7.52. The van der Waals surface area contributed by atoms with Crippen LogP contribution in [0.1, 0.15) is 42.4 Å². The maximum atomic E-state index is 10.6. The van der Waals surface area contributed by atoms with Crippen molar-refractivity contribution in [1.29, 1.82) is 5.26 Å². The second-order valence-corrected chi connectivity index (χ2v) is 5.91. The van der Waals surface area contributed by atoms with E-state index in [0.29, 0.717) is 17.9 Å². The minimum Gasteiger partial charge on any atom is -0.481 e. The van der Waals surface area contributed by atoms with E-state index in [1.54, 1.807) is 0 Å². The van der Waals surface area contributed by atoms with Crippen LogP contribution in [-0.4, -0.2) is 29.1 Å². The van der Waals surface area contributed by atoms with Crippen molar-refractivity contribution in [3.63, 3.8) is 0 Å². The molecule has 4 nitrogen and oxygen atoms in total. The molecule has 1 aromatic rings. The summed E-state index contributed by atoms with van der Waals surface area (Å²) in [6.07, 6.45) is 3.27. The molecule has 0 saturated carbocycles. The molecule has 0 unspecified atom stereocenters. The van der Waals surface area contributed by atoms with Crippen LogP contribution < -0.4 is 0 Å². The molecule has 1 aromatic carbocycles. The molecule has 1 aliphatic rings. The molecule has 21 heavy (non-hydrogen) atoms. The number of nitriles is 1. The number of likely N-dealkylation sites (tertiary alicyclic amines) is 1. The van der Waals surface area contributed by atoms with Crippen molar-refractivity contribution in [2.75, 3.05) is 13.1 Å². The van der Waals surface area contributed by atoms with E-state index in [9.17, 15) is 4.79 Å². The number of aryl methyl sites for hydroxylation is 1. The van der Waals surface area contributed by atoms with Crippen molar-refractivity contribution in [3.05, 3.63) is 34.9 Å². The molecule has 112 valence electrons. The van der Waals surface area contributed by atoms with Gasteiger partial charge in [0, 0.05) is 13.0 Å². The van der Waals surface area contributed by atoms with Crippen LogP contribution >= 0.6 is 0 Å². The highest BCUT2D eigenvalue weighted by Crippen LogP contribution is 2.23. The van der Waals surface area contributed by atoms with Gasteiger partial charge >= 0.3 is 5.97 Å². The molecule has 1 saturated heterocycles. The first kappa shape index (κ1) is 15.5. The Bertz CT molecular complexity index is 540. The Labute approximate surface area is 126 Å². The molecule has 1 aliphatic heterocycles. The van der Waals surface area contributed by atoms with Gasteiger partial charge in [0.1, 0.15) is 0 Å². The Morgan fingerprint density at radius 2 is 2.14 bits per heavy atom. The normalized spacial score (nSPS) is 16.6. The SMILES string of the molecule is Cc1cc(C#N)ccc1CN1CCC(CCC(=O)O)CC1. The fraction of sp³-hybridized carbons (Fsp3) is 0.529. The third kappa shape index (κ3) is 4.57. The van der Waals surface area contributed by atoms with Crippen LogP contribution in [0.4, 0.5) is 0 Å². The van der Waals surface area contributed by atoms with Crippen LogP contribution in [0.25, 0.3) is 0 Å². The predicted molar refractivity (Wildman–Crippen MR) is 80.8 cm³/mol. The molecule has 2 rings (SSSR count). The fourth-order valence-electron chi connectivity index (χ4n) is 2.94. The largest absolute Gasteiger partial charge is 0.481 e. The van der Waals surface area contributed by atoms with E-state index in [0.717, 1.165) is 38.9 Å². The van der Waals surface area contributed by atoms with Crippen molar-refractivity contribution in [1.82, 2.24) is 4.90 Å². The standard InChI is InChI=1S/C17H22N2O2/c1-13-10-15(11-18)2-4-16(13)12-19-8-6-14(7-9-19)3-5-17(20)21/h2,4,10,14H,3,5-9,12H2,1H3,(H,20,21). The molecule has 0 aromatic heterocycles. The average molecular weight is 286 g/mol. The summed E-state index contributed by atoms with van der Waals surface area (Å²) in [5.41, 5.74) is 3.16. The molecule has 0 radical (unpaired) electrons. The summed E-state index contributed by atoms with van der Waals surface area (Å²) in [4.78, 5) is 13.0. The number of piperidine rings is 1. The number of carboxylic acids is 1. The summed E-state index contributed by atoms with van der Waals surface area (Å²) in [6, 6.07) is 8.03. The van der Waals surface area contributed by atoms with E-state index < -0.39 is 5.97 Å². The van der Waals surface area contributed by atoms with Crippen LogP contribution in [0, 0.1) is 24.2 Å². The van der Waals surface area contributed by atoms with Gasteiger partial charge in [-0.1, -0.05) is 6.07 Å². The van der Waals surface area contributed by atoms with E-state index in [1.165, 1.54) is 11.1 Å². The van der Waals surface area contributed by atoms with Gasteiger partial charge in [0.15, 0.2) is 0 Å². The van der Waals surface area contributed by atoms with Crippen LogP contribution in [0.15, 0.2) is 18.2 Å². The second kappa shape index (κ2) is 7.24. The molecular weight excluding hydrogens is 264 g/mol. The van der Waals surface area contributed by atoms with Gasteiger partial charge in [-0.3, -0.25) is 9.69 Å². The minimum atomic E-state index is -0.689. The first-order chi connectivity index (χ1) is 10.1. The lowest BCUT2D eigenvalue weighted by Gasteiger charge is -2.32. The highest BCUT2D eigenvalue weighted by atomic mass is 16.4. The molecule has 1 N–H and O–H groups in total. The summed E-state index contributed by atoms with van der Waals surface area (Å²) < 4.78 is 0. The number of hydrogen-bond donors (Lipinski definition) is 1. The Morgan fingerprint density at radius 1 is 1.43 bits per heavy atom. The Morgan fingerprint density at radius 3 is 2.71 bits per heavy atom. The third-order valence-electron chi connectivity index (χ3n) is 4.34. The summed E-state index contributed by atoms with van der Waals surface area (Å²) in [5, 5.41) is 17.6. The van der Waals surface area contributed by atoms with E-state index >= 15 is 0 Å². The fourth-order valence-corrected chi connectivity index (χ4v) is 2.94. The molecule has 1 heterocycles. The number of hydrogen-bond acceptors (Lipinski definition) is 3. The van der Waals surface area contributed by atoms with E-state index in [-0.39, 0.29) is 0 Å². The molecule has 4 heteroatoms. The van der Waals surface area contributed by atoms with E-state index in [1.807, 2.05) is 18.2 Å². The minimum absolute atomic E-state index is 0.291. The zero-order valence-electron chi connectivity index (χ0n) is 12.5. The summed E-state index contributed by atoms with van der Waals surface area (Å²) in [6.45, 7) is 5.03. The van der Waals surface area contributed by atoms with Crippen molar-refractivity contribution >= 4 is 5.97 Å². The smallest absolute Gasteiger partial charge is 0.303 e. The number of carbonyl (C=O) groups is 1. The van der Waals surface area contributed by atoms with Crippen molar-refractivity contribution in [3.8, 4) is 6.07 Å². The van der Waals surface area contributed by atoms with Crippen LogP contribution in [0.3, 0.4) is 0 Å². The molecule has 0 aliphatic carbocycles. The maximum absolute atomic E-state index is 10.6. The molecule has 0 amide bonds. The lowest BCUT2D eigenvalue weighted by atomic mass is 9.92. The van der Waals surface area contributed by atoms with Gasteiger partial charge < -0.3 is 5.11 Å². The summed E-state index contributed by atoms with van der Waals surface area (Å²) in [5.74, 6) is -0.134. The quantitative estimate of drug-likeness (QED) is 0.904. The van der Waals surface area contributed by atoms with Crippen LogP contribution in [0.5, 0.6) is 0 Å². The zero-order chi connectivity index (χ0) is 15.2. The maximum Gasteiger partial charge on any atom is 0.303 e. The monoisotopic (exact) mass is 286 g/mol. The predicted octanol–water partition coefficient (Wildman–Crippen LogP) is 2.94. The van der Waals surface area contributed by atoms with Crippen molar-refractivity contribution in [2.24, 2.45) is 5.92 Å². The van der Waals surface area contributed by atoms with Crippen molar-refractivity contribution in [2.45, 2.75) is 39.2 Å². The number of nitrogens with zero attached hydrogens (tertiary/aromatic N) is 2. The molecular formula is C17H22N2O2. The molecule has 0 bridgehead atoms. The second-order valence-electron chi connectivity index (χ2n) is 5.91. The lowest BCUT2D eigenvalue weighted by molar-refractivity contribution is -0.137.